The van der Waals surface area contributed by atoms with E-state index in [2.05, 4.69) is 43.5 Å². The molecule has 25 heavy (non-hydrogen) atoms. The first kappa shape index (κ1) is 17.3. The second-order valence-corrected chi connectivity index (χ2v) is 7.12. The SMILES string of the molecule is COc1ccccc1/N=N/C1(O)C=Cc2cccc([N+](C)(C)C)c2C1. The number of methoxy groups -OCH3 is 1. The van der Waals surface area contributed by atoms with Crippen molar-refractivity contribution in [2.24, 2.45) is 10.2 Å². The molecule has 0 bridgehead atoms. The number of benzene rings is 2. The summed E-state index contributed by atoms with van der Waals surface area (Å²) in [6.07, 6.45) is 4.01. The maximum Gasteiger partial charge on any atom is 0.200 e. The highest BCUT2D eigenvalue weighted by atomic mass is 16.5. The van der Waals surface area contributed by atoms with Crippen molar-refractivity contribution in [2.45, 2.75) is 12.1 Å². The number of hydrogen-bond acceptors (Lipinski definition) is 4. The number of aliphatic hydroxyl groups is 1. The van der Waals surface area contributed by atoms with Gasteiger partial charge in [0.25, 0.3) is 0 Å². The molecule has 2 aromatic rings. The van der Waals surface area contributed by atoms with Crippen molar-refractivity contribution >= 4 is 17.5 Å². The number of ether oxygens (including phenoxy) is 1. The Morgan fingerprint density at radius 1 is 1.08 bits per heavy atom. The van der Waals surface area contributed by atoms with E-state index in [1.165, 1.54) is 0 Å². The molecule has 1 atom stereocenters. The first-order valence-corrected chi connectivity index (χ1v) is 8.24. The van der Waals surface area contributed by atoms with Gasteiger partial charge in [-0.2, -0.15) is 0 Å². The lowest BCUT2D eigenvalue weighted by atomic mass is 9.90. The summed E-state index contributed by atoms with van der Waals surface area (Å²) < 4.78 is 5.96. The Morgan fingerprint density at radius 3 is 2.56 bits per heavy atom. The molecule has 0 spiro atoms. The highest BCUT2D eigenvalue weighted by Gasteiger charge is 2.32. The van der Waals surface area contributed by atoms with Crippen LogP contribution in [0, 0.1) is 0 Å². The van der Waals surface area contributed by atoms with Crippen LogP contribution in [0.25, 0.3) is 6.08 Å². The van der Waals surface area contributed by atoms with Crippen LogP contribution in [0.3, 0.4) is 0 Å². The summed E-state index contributed by atoms with van der Waals surface area (Å²) in [7, 11) is 7.93. The van der Waals surface area contributed by atoms with Crippen LogP contribution in [0.2, 0.25) is 0 Å². The van der Waals surface area contributed by atoms with Gasteiger partial charge in [0, 0.05) is 12.0 Å². The third kappa shape index (κ3) is 3.62. The fraction of sp³-hybridized carbons (Fsp3) is 0.300. The number of nitrogens with zero attached hydrogens (tertiary/aromatic N) is 3. The van der Waals surface area contributed by atoms with Crippen molar-refractivity contribution in [1.29, 1.82) is 0 Å². The monoisotopic (exact) mass is 338 g/mol. The minimum Gasteiger partial charge on any atom is -0.494 e. The van der Waals surface area contributed by atoms with Crippen molar-refractivity contribution in [3.05, 3.63) is 59.7 Å². The molecule has 0 aliphatic heterocycles. The maximum absolute atomic E-state index is 10.9. The Hall–Kier alpha value is -2.50. The molecule has 1 aliphatic rings. The quantitative estimate of drug-likeness (QED) is 0.678. The molecule has 5 heteroatoms. The first-order valence-electron chi connectivity index (χ1n) is 8.24. The second kappa shape index (κ2) is 6.43. The van der Waals surface area contributed by atoms with Crippen molar-refractivity contribution in [2.75, 3.05) is 28.3 Å². The van der Waals surface area contributed by atoms with Gasteiger partial charge in [-0.3, -0.25) is 4.48 Å². The predicted molar refractivity (Wildman–Crippen MR) is 101 cm³/mol. The normalized spacial score (nSPS) is 19.9. The molecular weight excluding hydrogens is 314 g/mol. The van der Waals surface area contributed by atoms with E-state index in [0.717, 1.165) is 16.8 Å². The van der Waals surface area contributed by atoms with Crippen LogP contribution in [0.5, 0.6) is 5.75 Å². The van der Waals surface area contributed by atoms with Gasteiger partial charge in [0.2, 0.25) is 0 Å². The molecule has 0 radical (unpaired) electrons. The number of hydrogen-bond donors (Lipinski definition) is 1. The lowest BCUT2D eigenvalue weighted by Gasteiger charge is -2.31. The Kier molecular flexibility index (Phi) is 4.45. The zero-order valence-electron chi connectivity index (χ0n) is 15.1. The minimum atomic E-state index is -1.36. The molecule has 0 heterocycles. The third-order valence-corrected chi connectivity index (χ3v) is 4.29. The highest BCUT2D eigenvalue weighted by Crippen LogP contribution is 2.36. The van der Waals surface area contributed by atoms with Gasteiger partial charge >= 0.3 is 0 Å². The molecule has 130 valence electrons. The van der Waals surface area contributed by atoms with Crippen LogP contribution in [0.15, 0.2) is 58.8 Å². The fourth-order valence-corrected chi connectivity index (χ4v) is 3.03. The van der Waals surface area contributed by atoms with Gasteiger partial charge in [0.15, 0.2) is 5.72 Å². The Bertz CT molecular complexity index is 837. The molecule has 0 saturated carbocycles. The lowest BCUT2D eigenvalue weighted by molar-refractivity contribution is 0.0930. The summed E-state index contributed by atoms with van der Waals surface area (Å²) >= 11 is 0. The van der Waals surface area contributed by atoms with Crippen molar-refractivity contribution in [3.8, 4) is 5.75 Å². The zero-order chi connectivity index (χ0) is 18.1. The second-order valence-electron chi connectivity index (χ2n) is 7.12. The molecule has 5 nitrogen and oxygen atoms in total. The van der Waals surface area contributed by atoms with Crippen molar-refractivity contribution < 1.29 is 9.84 Å². The molecule has 1 N–H and O–H groups in total. The molecule has 3 rings (SSSR count). The van der Waals surface area contributed by atoms with Gasteiger partial charge in [0.1, 0.15) is 17.1 Å². The Balaban J connectivity index is 1.95. The van der Waals surface area contributed by atoms with Crippen LogP contribution < -0.4 is 9.22 Å². The topological polar surface area (TPSA) is 54.2 Å². The van der Waals surface area contributed by atoms with Crippen LogP contribution in [0.1, 0.15) is 11.1 Å². The van der Waals surface area contributed by atoms with Gasteiger partial charge in [-0.25, -0.2) is 0 Å². The van der Waals surface area contributed by atoms with E-state index in [4.69, 9.17) is 4.74 Å². The summed E-state index contributed by atoms with van der Waals surface area (Å²) in [5.41, 5.74) is 2.60. The largest absolute Gasteiger partial charge is 0.494 e. The third-order valence-electron chi connectivity index (χ3n) is 4.29. The van der Waals surface area contributed by atoms with E-state index in [1.807, 2.05) is 36.4 Å². The van der Waals surface area contributed by atoms with Crippen LogP contribution >= 0.6 is 0 Å². The highest BCUT2D eigenvalue weighted by molar-refractivity contribution is 5.67. The average Bonchev–Trinajstić information content (AvgIpc) is 2.59. The molecule has 0 saturated heterocycles. The molecule has 0 fully saturated rings. The van der Waals surface area contributed by atoms with E-state index in [9.17, 15) is 5.11 Å². The first-order chi connectivity index (χ1) is 11.8. The average molecular weight is 338 g/mol. The zero-order valence-corrected chi connectivity index (χ0v) is 15.1. The van der Waals surface area contributed by atoms with Gasteiger partial charge < -0.3 is 9.84 Å². The minimum absolute atomic E-state index is 0.392. The van der Waals surface area contributed by atoms with Gasteiger partial charge in [0.05, 0.1) is 28.3 Å². The molecule has 1 aliphatic carbocycles. The summed E-state index contributed by atoms with van der Waals surface area (Å²) in [4.78, 5) is 0. The number of quaternary nitrogens is 1. The van der Waals surface area contributed by atoms with Crippen molar-refractivity contribution in [3.63, 3.8) is 0 Å². The Morgan fingerprint density at radius 2 is 1.84 bits per heavy atom. The summed E-state index contributed by atoms with van der Waals surface area (Å²) in [6, 6.07) is 13.6. The molecule has 0 amide bonds. The van der Waals surface area contributed by atoms with E-state index >= 15 is 0 Å². The van der Waals surface area contributed by atoms with E-state index in [-0.39, 0.29) is 0 Å². The lowest BCUT2D eigenvalue weighted by Crippen LogP contribution is -2.38. The van der Waals surface area contributed by atoms with E-state index in [0.29, 0.717) is 22.3 Å². The Labute approximate surface area is 148 Å². The van der Waals surface area contributed by atoms with Gasteiger partial charge in [-0.1, -0.05) is 30.3 Å². The number of azo groups is 1. The standard InChI is InChI=1S/C20H24N3O2/c1-23(2,3)18-10-7-8-15-12-13-20(24,14-16(15)18)22-21-17-9-5-6-11-19(17)25-4/h5-13,24H,14H2,1-4H3/q+1/b22-21+. The molecule has 0 aromatic heterocycles. The van der Waals surface area contributed by atoms with Gasteiger partial charge in [-0.15, -0.1) is 10.2 Å². The molecule has 2 aromatic carbocycles. The van der Waals surface area contributed by atoms with Crippen LogP contribution in [0.4, 0.5) is 11.4 Å². The number of para-hydroxylation sites is 1. The summed E-state index contributed by atoms with van der Waals surface area (Å²) in [5, 5.41) is 19.4. The summed E-state index contributed by atoms with van der Waals surface area (Å²) in [6.45, 7) is 0. The van der Waals surface area contributed by atoms with E-state index < -0.39 is 5.72 Å². The smallest absolute Gasteiger partial charge is 0.200 e. The molecule has 1 unspecified atom stereocenters. The van der Waals surface area contributed by atoms with E-state index in [1.54, 1.807) is 13.2 Å². The number of fused-ring (bicyclic) bond motifs is 1. The molecular formula is C20H24N3O2+. The number of rotatable bonds is 4. The predicted octanol–water partition coefficient (Wildman–Crippen LogP) is 3.93. The maximum atomic E-state index is 10.9. The van der Waals surface area contributed by atoms with Gasteiger partial charge in [-0.05, 0) is 29.8 Å². The van der Waals surface area contributed by atoms with Crippen LogP contribution in [-0.2, 0) is 6.42 Å². The van der Waals surface area contributed by atoms with Crippen molar-refractivity contribution in [1.82, 2.24) is 4.48 Å². The van der Waals surface area contributed by atoms with Crippen LogP contribution in [-0.4, -0.2) is 39.1 Å². The summed E-state index contributed by atoms with van der Waals surface area (Å²) in [5.74, 6) is 0.627. The fourth-order valence-electron chi connectivity index (χ4n) is 3.03.